The van der Waals surface area contributed by atoms with Gasteiger partial charge >= 0.3 is 0 Å². The Morgan fingerprint density at radius 3 is 2.71 bits per heavy atom. The number of nitrogens with one attached hydrogen (secondary N) is 1. The fourth-order valence-corrected chi connectivity index (χ4v) is 1.73. The molecule has 1 N–H and O–H groups in total. The second-order valence-corrected chi connectivity index (χ2v) is 4.11. The Bertz CT molecular complexity index is 302. The minimum absolute atomic E-state index is 0.330. The van der Waals surface area contributed by atoms with Crippen LogP contribution in [0.1, 0.15) is 19.4 Å². The predicted octanol–water partition coefficient (Wildman–Crippen LogP) is 3.11. The van der Waals surface area contributed by atoms with Crippen molar-refractivity contribution in [3.05, 3.63) is 35.4 Å². The van der Waals surface area contributed by atoms with Crippen molar-refractivity contribution in [3.8, 4) is 0 Å². The summed E-state index contributed by atoms with van der Waals surface area (Å²) in [5.74, 6) is -0.321. The summed E-state index contributed by atoms with van der Waals surface area (Å²) in [5, 5.41) is 0. The summed E-state index contributed by atoms with van der Waals surface area (Å²) in [4.78, 5) is 0. The fraction of sp³-hybridized carbons (Fsp3) is 0.400. The predicted molar refractivity (Wildman–Crippen MR) is 55.9 cm³/mol. The highest BCUT2D eigenvalue weighted by atomic mass is 32.2. The molecule has 0 aliphatic rings. The lowest BCUT2D eigenvalue weighted by atomic mass is 10.2. The van der Waals surface area contributed by atoms with Crippen LogP contribution in [-0.4, -0.2) is 6.04 Å². The van der Waals surface area contributed by atoms with Crippen LogP contribution in [0.3, 0.4) is 0 Å². The smallest absolute Gasteiger partial charge is 0.127 e. The zero-order valence-corrected chi connectivity index (χ0v) is 9.00. The van der Waals surface area contributed by atoms with Crippen LogP contribution >= 0.6 is 11.9 Å². The quantitative estimate of drug-likeness (QED) is 0.778. The number of halogens is 2. The Morgan fingerprint density at radius 2 is 2.07 bits per heavy atom. The molecule has 0 amide bonds. The summed E-state index contributed by atoms with van der Waals surface area (Å²) < 4.78 is 28.9. The van der Waals surface area contributed by atoms with Gasteiger partial charge in [0.15, 0.2) is 0 Å². The maximum atomic E-state index is 13.1. The molecule has 0 bridgehead atoms. The van der Waals surface area contributed by atoms with Gasteiger partial charge in [0.25, 0.3) is 0 Å². The molecule has 0 radical (unpaired) electrons. The second-order valence-electron chi connectivity index (χ2n) is 3.30. The largest absolute Gasteiger partial charge is 0.261 e. The van der Waals surface area contributed by atoms with Crippen LogP contribution in [0.15, 0.2) is 18.2 Å². The number of hydrogen-bond donors (Lipinski definition) is 1. The highest BCUT2D eigenvalue weighted by molar-refractivity contribution is 7.96. The summed E-state index contributed by atoms with van der Waals surface area (Å²) in [7, 11) is 0. The first-order chi connectivity index (χ1) is 6.59. The molecule has 0 unspecified atom stereocenters. The summed E-state index contributed by atoms with van der Waals surface area (Å²) in [6, 6.07) is 3.83. The molecule has 4 heteroatoms. The van der Waals surface area contributed by atoms with Gasteiger partial charge in [-0.3, -0.25) is 4.72 Å². The van der Waals surface area contributed by atoms with Crippen molar-refractivity contribution in [2.24, 2.45) is 0 Å². The van der Waals surface area contributed by atoms with Gasteiger partial charge in [-0.2, -0.15) is 0 Å². The third kappa shape index (κ3) is 3.64. The van der Waals surface area contributed by atoms with E-state index in [2.05, 4.69) is 4.72 Å². The van der Waals surface area contributed by atoms with Crippen LogP contribution in [0.4, 0.5) is 8.78 Å². The van der Waals surface area contributed by atoms with Gasteiger partial charge in [-0.1, -0.05) is 11.9 Å². The molecule has 0 saturated carbocycles. The minimum Gasteiger partial charge on any atom is -0.261 e. The molecule has 78 valence electrons. The van der Waals surface area contributed by atoms with E-state index in [1.807, 2.05) is 13.8 Å². The highest BCUT2D eigenvalue weighted by Crippen LogP contribution is 2.15. The van der Waals surface area contributed by atoms with E-state index in [0.717, 1.165) is 12.1 Å². The Labute approximate surface area is 87.0 Å². The zero-order chi connectivity index (χ0) is 10.6. The van der Waals surface area contributed by atoms with Gasteiger partial charge in [-0.05, 0) is 32.0 Å². The highest BCUT2D eigenvalue weighted by Gasteiger charge is 2.03. The number of benzene rings is 1. The maximum absolute atomic E-state index is 13.1. The molecule has 14 heavy (non-hydrogen) atoms. The zero-order valence-electron chi connectivity index (χ0n) is 8.18. The van der Waals surface area contributed by atoms with E-state index < -0.39 is 5.82 Å². The fourth-order valence-electron chi connectivity index (χ4n) is 0.940. The second kappa shape index (κ2) is 5.32. The SMILES string of the molecule is CC(C)NSCc1cc(F)ccc1F. The van der Waals surface area contributed by atoms with Crippen molar-refractivity contribution in [3.63, 3.8) is 0 Å². The van der Waals surface area contributed by atoms with Crippen LogP contribution in [0.2, 0.25) is 0 Å². The molecule has 0 aliphatic heterocycles. The summed E-state index contributed by atoms with van der Waals surface area (Å²) >= 11 is 1.38. The summed E-state index contributed by atoms with van der Waals surface area (Å²) in [6.45, 7) is 3.99. The maximum Gasteiger partial charge on any atom is 0.127 e. The van der Waals surface area contributed by atoms with E-state index >= 15 is 0 Å². The molecule has 0 heterocycles. The van der Waals surface area contributed by atoms with E-state index in [1.54, 1.807) is 0 Å². The van der Waals surface area contributed by atoms with Crippen LogP contribution in [0, 0.1) is 11.6 Å². The Kier molecular flexibility index (Phi) is 4.35. The molecule has 1 aromatic carbocycles. The average molecular weight is 217 g/mol. The molecule has 0 spiro atoms. The van der Waals surface area contributed by atoms with Gasteiger partial charge in [0.05, 0.1) is 0 Å². The van der Waals surface area contributed by atoms with Crippen molar-refractivity contribution in [2.75, 3.05) is 0 Å². The topological polar surface area (TPSA) is 12.0 Å². The lowest BCUT2D eigenvalue weighted by Crippen LogP contribution is -2.14. The van der Waals surface area contributed by atoms with E-state index in [4.69, 9.17) is 0 Å². The Morgan fingerprint density at radius 1 is 1.36 bits per heavy atom. The third-order valence-electron chi connectivity index (χ3n) is 1.55. The standard InChI is InChI=1S/C10H13F2NS/c1-7(2)13-14-6-8-5-9(11)3-4-10(8)12/h3-5,7,13H,6H2,1-2H3. The van der Waals surface area contributed by atoms with Crippen LogP contribution in [0.25, 0.3) is 0 Å². The van der Waals surface area contributed by atoms with Gasteiger partial charge in [0.2, 0.25) is 0 Å². The summed E-state index contributed by atoms with van der Waals surface area (Å²) in [5.41, 5.74) is 0.392. The Hall–Kier alpha value is -0.610. The molecule has 0 aromatic heterocycles. The first-order valence-electron chi connectivity index (χ1n) is 4.41. The molecular formula is C10H13F2NS. The molecule has 0 atom stereocenters. The molecule has 1 rings (SSSR count). The molecule has 0 saturated heterocycles. The third-order valence-corrected chi connectivity index (χ3v) is 2.65. The van der Waals surface area contributed by atoms with Gasteiger partial charge in [0, 0.05) is 17.4 Å². The van der Waals surface area contributed by atoms with Gasteiger partial charge in [-0.25, -0.2) is 8.78 Å². The molecule has 1 aromatic rings. The van der Waals surface area contributed by atoms with Gasteiger partial charge < -0.3 is 0 Å². The average Bonchev–Trinajstić information content (AvgIpc) is 2.10. The van der Waals surface area contributed by atoms with Crippen LogP contribution in [-0.2, 0) is 5.75 Å². The number of rotatable bonds is 4. The molecular weight excluding hydrogens is 204 g/mol. The van der Waals surface area contributed by atoms with E-state index in [9.17, 15) is 8.78 Å². The van der Waals surface area contributed by atoms with E-state index in [1.165, 1.54) is 18.0 Å². The molecule has 1 nitrogen and oxygen atoms in total. The Balaban J connectivity index is 2.53. The van der Waals surface area contributed by atoms with Crippen molar-refractivity contribution in [1.29, 1.82) is 0 Å². The lowest BCUT2D eigenvalue weighted by molar-refractivity contribution is 0.591. The first kappa shape index (κ1) is 11.5. The van der Waals surface area contributed by atoms with Crippen molar-refractivity contribution >= 4 is 11.9 Å². The molecule has 0 aliphatic carbocycles. The normalized spacial score (nSPS) is 10.9. The van der Waals surface area contributed by atoms with Gasteiger partial charge in [0.1, 0.15) is 11.6 Å². The summed E-state index contributed by atoms with van der Waals surface area (Å²) in [6.07, 6.45) is 0. The van der Waals surface area contributed by atoms with Crippen LogP contribution in [0.5, 0.6) is 0 Å². The monoisotopic (exact) mass is 217 g/mol. The number of hydrogen-bond acceptors (Lipinski definition) is 2. The van der Waals surface area contributed by atoms with E-state index in [0.29, 0.717) is 17.4 Å². The van der Waals surface area contributed by atoms with Crippen molar-refractivity contribution in [1.82, 2.24) is 4.72 Å². The van der Waals surface area contributed by atoms with Gasteiger partial charge in [-0.15, -0.1) is 0 Å². The van der Waals surface area contributed by atoms with Crippen molar-refractivity contribution < 1.29 is 8.78 Å². The molecule has 0 fully saturated rings. The first-order valence-corrected chi connectivity index (χ1v) is 5.39. The van der Waals surface area contributed by atoms with Crippen LogP contribution < -0.4 is 4.72 Å². The van der Waals surface area contributed by atoms with Crippen molar-refractivity contribution in [2.45, 2.75) is 25.6 Å². The van der Waals surface area contributed by atoms with E-state index in [-0.39, 0.29) is 5.82 Å². The minimum atomic E-state index is -0.397. The lowest BCUT2D eigenvalue weighted by Gasteiger charge is -2.07.